The van der Waals surface area contributed by atoms with Gasteiger partial charge in [-0.1, -0.05) is 13.3 Å². The van der Waals surface area contributed by atoms with Crippen molar-refractivity contribution in [2.45, 2.75) is 32.6 Å². The van der Waals surface area contributed by atoms with Crippen LogP contribution < -0.4 is 10.1 Å². The number of ether oxygens (including phenoxy) is 1. The Bertz CT molecular complexity index is 616. The summed E-state index contributed by atoms with van der Waals surface area (Å²) >= 11 is 0. The van der Waals surface area contributed by atoms with Crippen LogP contribution in [0.1, 0.15) is 32.6 Å². The first-order chi connectivity index (χ1) is 11.5. The van der Waals surface area contributed by atoms with Gasteiger partial charge in [0, 0.05) is 18.8 Å². The van der Waals surface area contributed by atoms with Gasteiger partial charge in [-0.15, -0.1) is 0 Å². The molecule has 1 aliphatic carbocycles. The molecular formula is C18H24N2O4. The molecule has 24 heavy (non-hydrogen) atoms. The second kappa shape index (κ2) is 6.71. The molecule has 0 unspecified atom stereocenters. The van der Waals surface area contributed by atoms with Crippen LogP contribution in [-0.2, 0) is 4.79 Å². The number of carbonyl (C=O) groups is 2. The van der Waals surface area contributed by atoms with Crippen LogP contribution >= 0.6 is 0 Å². The van der Waals surface area contributed by atoms with E-state index in [-0.39, 0.29) is 11.9 Å². The fourth-order valence-electron chi connectivity index (χ4n) is 3.85. The zero-order valence-corrected chi connectivity index (χ0v) is 14.0. The lowest BCUT2D eigenvalue weighted by Gasteiger charge is -2.23. The number of likely N-dealkylation sites (tertiary alicyclic amines) is 1. The molecule has 2 fully saturated rings. The predicted octanol–water partition coefficient (Wildman–Crippen LogP) is 3.19. The van der Waals surface area contributed by atoms with Crippen LogP contribution in [0.3, 0.4) is 0 Å². The number of anilines is 1. The van der Waals surface area contributed by atoms with Crippen molar-refractivity contribution >= 4 is 17.7 Å². The summed E-state index contributed by atoms with van der Waals surface area (Å²) in [6.45, 7) is 3.54. The maximum absolute atomic E-state index is 12.5. The molecule has 1 saturated carbocycles. The molecular weight excluding hydrogens is 308 g/mol. The van der Waals surface area contributed by atoms with Gasteiger partial charge in [0.15, 0.2) is 0 Å². The Hall–Kier alpha value is -2.24. The Kier molecular flexibility index (Phi) is 4.64. The number of carbonyl (C=O) groups excluding carboxylic acids is 1. The van der Waals surface area contributed by atoms with E-state index in [1.807, 2.05) is 19.1 Å². The number of benzene rings is 1. The van der Waals surface area contributed by atoms with E-state index >= 15 is 0 Å². The van der Waals surface area contributed by atoms with Crippen molar-refractivity contribution < 1.29 is 19.4 Å². The molecule has 3 rings (SSSR count). The first-order valence-electron chi connectivity index (χ1n) is 8.57. The van der Waals surface area contributed by atoms with E-state index in [0.717, 1.165) is 25.0 Å². The Morgan fingerprint density at radius 1 is 1.38 bits per heavy atom. The van der Waals surface area contributed by atoms with Crippen molar-refractivity contribution in [3.8, 4) is 5.75 Å². The molecule has 0 spiro atoms. The van der Waals surface area contributed by atoms with E-state index in [4.69, 9.17) is 4.74 Å². The minimum absolute atomic E-state index is 0.0746. The third kappa shape index (κ3) is 3.05. The fourth-order valence-corrected chi connectivity index (χ4v) is 3.85. The number of carboxylic acids is 1. The standard InChI is InChI=1S/C18H24N2O4/c1-2-10-24-15-7-5-14(6-8-15)19-17(23)20-11-13-4-3-9-18(13,12-20)16(21)22/h5-8,13H,2-4,9-12H2,1H3,(H,19,23)(H,21,22)/t13-,18+/m0/s1. The number of urea groups is 1. The molecule has 1 saturated heterocycles. The molecule has 2 atom stereocenters. The van der Waals surface area contributed by atoms with E-state index < -0.39 is 11.4 Å². The smallest absolute Gasteiger partial charge is 0.321 e. The van der Waals surface area contributed by atoms with Crippen molar-refractivity contribution in [1.82, 2.24) is 4.90 Å². The van der Waals surface area contributed by atoms with Crippen LogP contribution in [0.4, 0.5) is 10.5 Å². The molecule has 2 N–H and O–H groups in total. The number of amides is 2. The third-order valence-electron chi connectivity index (χ3n) is 5.16. The van der Waals surface area contributed by atoms with Crippen molar-refractivity contribution in [3.63, 3.8) is 0 Å². The zero-order chi connectivity index (χ0) is 17.2. The lowest BCUT2D eigenvalue weighted by atomic mass is 9.81. The summed E-state index contributed by atoms with van der Waals surface area (Å²) in [7, 11) is 0. The van der Waals surface area contributed by atoms with Gasteiger partial charge in [-0.2, -0.15) is 0 Å². The van der Waals surface area contributed by atoms with Crippen molar-refractivity contribution in [2.24, 2.45) is 11.3 Å². The van der Waals surface area contributed by atoms with E-state index in [2.05, 4.69) is 5.32 Å². The number of fused-ring (bicyclic) bond motifs is 1. The Labute approximate surface area is 141 Å². The van der Waals surface area contributed by atoms with Crippen LogP contribution in [0, 0.1) is 11.3 Å². The summed E-state index contributed by atoms with van der Waals surface area (Å²) in [4.78, 5) is 25.8. The highest BCUT2D eigenvalue weighted by molar-refractivity contribution is 5.90. The average molecular weight is 332 g/mol. The predicted molar refractivity (Wildman–Crippen MR) is 90.2 cm³/mol. The molecule has 1 aliphatic heterocycles. The van der Waals surface area contributed by atoms with E-state index in [1.54, 1.807) is 17.0 Å². The van der Waals surface area contributed by atoms with Crippen LogP contribution in [0.5, 0.6) is 5.75 Å². The summed E-state index contributed by atoms with van der Waals surface area (Å²) in [5, 5.41) is 12.4. The summed E-state index contributed by atoms with van der Waals surface area (Å²) in [5.74, 6) is 0.0821. The Morgan fingerprint density at radius 3 is 2.75 bits per heavy atom. The lowest BCUT2D eigenvalue weighted by Crippen LogP contribution is -2.38. The molecule has 1 heterocycles. The molecule has 1 aromatic rings. The number of rotatable bonds is 5. The number of aliphatic carboxylic acids is 1. The fraction of sp³-hybridized carbons (Fsp3) is 0.556. The average Bonchev–Trinajstić information content (AvgIpc) is 3.12. The first-order valence-corrected chi connectivity index (χ1v) is 8.57. The van der Waals surface area contributed by atoms with Gasteiger partial charge < -0.3 is 20.1 Å². The minimum Gasteiger partial charge on any atom is -0.494 e. The molecule has 1 aromatic carbocycles. The van der Waals surface area contributed by atoms with Gasteiger partial charge in [-0.05, 0) is 49.4 Å². The molecule has 6 heteroatoms. The van der Waals surface area contributed by atoms with Gasteiger partial charge in [-0.3, -0.25) is 4.79 Å². The van der Waals surface area contributed by atoms with Gasteiger partial charge in [-0.25, -0.2) is 4.79 Å². The summed E-state index contributed by atoms with van der Waals surface area (Å²) in [6.07, 6.45) is 3.44. The van der Waals surface area contributed by atoms with Crippen molar-refractivity contribution in [1.29, 1.82) is 0 Å². The third-order valence-corrected chi connectivity index (χ3v) is 5.16. The van der Waals surface area contributed by atoms with Gasteiger partial charge in [0.25, 0.3) is 0 Å². The topological polar surface area (TPSA) is 78.9 Å². The maximum atomic E-state index is 12.5. The summed E-state index contributed by atoms with van der Waals surface area (Å²) in [5.41, 5.74) is -0.0554. The largest absolute Gasteiger partial charge is 0.494 e. The monoisotopic (exact) mass is 332 g/mol. The molecule has 130 valence electrons. The summed E-state index contributed by atoms with van der Waals surface area (Å²) < 4.78 is 5.52. The van der Waals surface area contributed by atoms with Crippen LogP contribution in [0.25, 0.3) is 0 Å². The van der Waals surface area contributed by atoms with E-state index in [0.29, 0.717) is 31.8 Å². The lowest BCUT2D eigenvalue weighted by molar-refractivity contribution is -0.149. The van der Waals surface area contributed by atoms with Crippen molar-refractivity contribution in [3.05, 3.63) is 24.3 Å². The van der Waals surface area contributed by atoms with Crippen LogP contribution in [0.15, 0.2) is 24.3 Å². The Morgan fingerprint density at radius 2 is 2.12 bits per heavy atom. The zero-order valence-electron chi connectivity index (χ0n) is 14.0. The molecule has 6 nitrogen and oxygen atoms in total. The molecule has 0 bridgehead atoms. The van der Waals surface area contributed by atoms with Gasteiger partial charge >= 0.3 is 12.0 Å². The van der Waals surface area contributed by atoms with Gasteiger partial charge in [0.2, 0.25) is 0 Å². The molecule has 2 aliphatic rings. The Balaban J connectivity index is 1.61. The maximum Gasteiger partial charge on any atom is 0.321 e. The number of nitrogens with zero attached hydrogens (tertiary/aromatic N) is 1. The normalized spacial score (nSPS) is 25.4. The van der Waals surface area contributed by atoms with E-state index in [9.17, 15) is 14.7 Å². The highest BCUT2D eigenvalue weighted by Crippen LogP contribution is 2.48. The van der Waals surface area contributed by atoms with Gasteiger partial charge in [0.05, 0.1) is 12.0 Å². The quantitative estimate of drug-likeness (QED) is 0.868. The van der Waals surface area contributed by atoms with Crippen LogP contribution in [0.2, 0.25) is 0 Å². The highest BCUT2D eigenvalue weighted by atomic mass is 16.5. The summed E-state index contributed by atoms with van der Waals surface area (Å²) in [6, 6.07) is 7.01. The molecule has 0 aromatic heterocycles. The van der Waals surface area contributed by atoms with Gasteiger partial charge in [0.1, 0.15) is 5.75 Å². The number of hydrogen-bond acceptors (Lipinski definition) is 3. The first kappa shape index (κ1) is 16.6. The minimum atomic E-state index is -0.766. The van der Waals surface area contributed by atoms with E-state index in [1.165, 1.54) is 0 Å². The SMILES string of the molecule is CCCOc1ccc(NC(=O)N2C[C@@H]3CCC[C@@]3(C(=O)O)C2)cc1. The second-order valence-corrected chi connectivity index (χ2v) is 6.73. The number of nitrogens with one attached hydrogen (secondary N) is 1. The molecule has 0 radical (unpaired) electrons. The van der Waals surface area contributed by atoms with Crippen LogP contribution in [-0.4, -0.2) is 41.7 Å². The molecule has 2 amide bonds. The van der Waals surface area contributed by atoms with Crippen molar-refractivity contribution in [2.75, 3.05) is 25.0 Å². The number of hydrogen-bond donors (Lipinski definition) is 2. The second-order valence-electron chi connectivity index (χ2n) is 6.73. The number of carboxylic acid groups (broad SMARTS) is 1. The highest BCUT2D eigenvalue weighted by Gasteiger charge is 2.55.